The zero-order valence-electron chi connectivity index (χ0n) is 9.63. The quantitative estimate of drug-likeness (QED) is 0.854. The molecule has 0 unspecified atom stereocenters. The van der Waals surface area contributed by atoms with E-state index in [-0.39, 0.29) is 0 Å². The number of nitrogens with one attached hydrogen (secondary N) is 1. The first kappa shape index (κ1) is 12.5. The number of piperidine rings is 1. The summed E-state index contributed by atoms with van der Waals surface area (Å²) in [5.41, 5.74) is 1.47. The van der Waals surface area contributed by atoms with E-state index in [1.54, 1.807) is 11.8 Å². The average Bonchev–Trinajstić information content (AvgIpc) is 2.31. The van der Waals surface area contributed by atoms with Crippen LogP contribution in [-0.2, 0) is 6.42 Å². The molecule has 0 saturated carbocycles. The van der Waals surface area contributed by atoms with Crippen molar-refractivity contribution in [1.82, 2.24) is 5.32 Å². The van der Waals surface area contributed by atoms with E-state index in [9.17, 15) is 0 Å². The van der Waals surface area contributed by atoms with Crippen LogP contribution >= 0.6 is 27.7 Å². The zero-order chi connectivity index (χ0) is 11.4. The predicted molar refractivity (Wildman–Crippen MR) is 75.2 cm³/mol. The minimum Gasteiger partial charge on any atom is -0.317 e. The molecule has 1 saturated heterocycles. The van der Waals surface area contributed by atoms with Gasteiger partial charge in [-0.05, 0) is 78.2 Å². The number of halogens is 1. The van der Waals surface area contributed by atoms with Gasteiger partial charge in [-0.15, -0.1) is 11.8 Å². The largest absolute Gasteiger partial charge is 0.317 e. The van der Waals surface area contributed by atoms with Crippen LogP contribution in [0, 0.1) is 5.92 Å². The highest BCUT2D eigenvalue weighted by atomic mass is 79.9. The first-order chi connectivity index (χ1) is 7.79. The minimum absolute atomic E-state index is 0.869. The van der Waals surface area contributed by atoms with Crippen LogP contribution in [0.4, 0.5) is 0 Å². The van der Waals surface area contributed by atoms with Crippen molar-refractivity contribution in [3.63, 3.8) is 0 Å². The number of benzene rings is 1. The standard InChI is InChI=1S/C13H18BrNS/c1-16-13-3-2-11(9-12(13)14)8-10-4-6-15-7-5-10/h2-3,9-10,15H,4-8H2,1H3. The van der Waals surface area contributed by atoms with Crippen LogP contribution in [0.25, 0.3) is 0 Å². The molecule has 16 heavy (non-hydrogen) atoms. The minimum atomic E-state index is 0.869. The van der Waals surface area contributed by atoms with Gasteiger partial charge in [0.25, 0.3) is 0 Å². The van der Waals surface area contributed by atoms with E-state index < -0.39 is 0 Å². The fraction of sp³-hybridized carbons (Fsp3) is 0.538. The van der Waals surface area contributed by atoms with Crippen LogP contribution in [-0.4, -0.2) is 19.3 Å². The lowest BCUT2D eigenvalue weighted by molar-refractivity contribution is 0.372. The normalized spacial score (nSPS) is 17.6. The molecule has 1 aliphatic rings. The second kappa shape index (κ2) is 6.08. The Morgan fingerprint density at radius 3 is 2.75 bits per heavy atom. The molecule has 0 aliphatic carbocycles. The van der Waals surface area contributed by atoms with Crippen molar-refractivity contribution in [2.75, 3.05) is 19.3 Å². The molecule has 0 amide bonds. The summed E-state index contributed by atoms with van der Waals surface area (Å²) in [6.45, 7) is 2.38. The Hall–Kier alpha value is 0.01000. The van der Waals surface area contributed by atoms with E-state index in [4.69, 9.17) is 0 Å². The second-order valence-corrected chi connectivity index (χ2v) is 6.07. The molecule has 1 nitrogen and oxygen atoms in total. The molecule has 0 radical (unpaired) electrons. The summed E-state index contributed by atoms with van der Waals surface area (Å²) in [5.74, 6) is 0.869. The third kappa shape index (κ3) is 3.25. The molecule has 0 spiro atoms. The summed E-state index contributed by atoms with van der Waals surface area (Å²) in [7, 11) is 0. The van der Waals surface area contributed by atoms with Crippen molar-refractivity contribution in [2.45, 2.75) is 24.2 Å². The van der Waals surface area contributed by atoms with Gasteiger partial charge in [0.2, 0.25) is 0 Å². The van der Waals surface area contributed by atoms with Gasteiger partial charge in [-0.2, -0.15) is 0 Å². The van der Waals surface area contributed by atoms with E-state index >= 15 is 0 Å². The fourth-order valence-electron chi connectivity index (χ4n) is 2.26. The summed E-state index contributed by atoms with van der Waals surface area (Å²) in [6, 6.07) is 6.79. The Kier molecular flexibility index (Phi) is 4.74. The predicted octanol–water partition coefficient (Wildman–Crippen LogP) is 3.71. The van der Waals surface area contributed by atoms with Crippen molar-refractivity contribution < 1.29 is 0 Å². The first-order valence-electron chi connectivity index (χ1n) is 5.82. The third-order valence-electron chi connectivity index (χ3n) is 3.20. The summed E-state index contributed by atoms with van der Waals surface area (Å²) >= 11 is 5.43. The number of thioether (sulfide) groups is 1. The maximum Gasteiger partial charge on any atom is 0.0313 e. The Morgan fingerprint density at radius 1 is 1.38 bits per heavy atom. The maximum atomic E-state index is 3.64. The van der Waals surface area contributed by atoms with Gasteiger partial charge in [0.15, 0.2) is 0 Å². The molecule has 1 fully saturated rings. The van der Waals surface area contributed by atoms with Crippen LogP contribution in [0.5, 0.6) is 0 Å². The summed E-state index contributed by atoms with van der Waals surface area (Å²) in [5, 5.41) is 3.42. The Morgan fingerprint density at radius 2 is 2.12 bits per heavy atom. The maximum absolute atomic E-state index is 3.64. The molecule has 0 bridgehead atoms. The third-order valence-corrected chi connectivity index (χ3v) is 4.91. The molecule has 1 heterocycles. The zero-order valence-corrected chi connectivity index (χ0v) is 12.0. The Labute approximate surface area is 111 Å². The van der Waals surface area contributed by atoms with Crippen LogP contribution in [0.1, 0.15) is 18.4 Å². The monoisotopic (exact) mass is 299 g/mol. The van der Waals surface area contributed by atoms with Crippen LogP contribution in [0.2, 0.25) is 0 Å². The molecule has 1 aliphatic heterocycles. The molecule has 88 valence electrons. The van der Waals surface area contributed by atoms with Gasteiger partial charge in [0.1, 0.15) is 0 Å². The highest BCUT2D eigenvalue weighted by molar-refractivity contribution is 9.10. The van der Waals surface area contributed by atoms with E-state index in [1.165, 1.54) is 47.3 Å². The van der Waals surface area contributed by atoms with Crippen LogP contribution in [0.15, 0.2) is 27.6 Å². The highest BCUT2D eigenvalue weighted by Gasteiger charge is 2.13. The summed E-state index contributed by atoms with van der Waals surface area (Å²) < 4.78 is 1.24. The highest BCUT2D eigenvalue weighted by Crippen LogP contribution is 2.28. The first-order valence-corrected chi connectivity index (χ1v) is 7.84. The van der Waals surface area contributed by atoms with Gasteiger partial charge in [-0.25, -0.2) is 0 Å². The Balaban J connectivity index is 2.01. The van der Waals surface area contributed by atoms with Crippen molar-refractivity contribution in [2.24, 2.45) is 5.92 Å². The smallest absolute Gasteiger partial charge is 0.0313 e. The second-order valence-electron chi connectivity index (χ2n) is 4.37. The van der Waals surface area contributed by atoms with Crippen LogP contribution in [0.3, 0.4) is 0 Å². The number of hydrogen-bond acceptors (Lipinski definition) is 2. The van der Waals surface area contributed by atoms with E-state index in [0.29, 0.717) is 0 Å². The lowest BCUT2D eigenvalue weighted by atomic mass is 9.91. The Bertz CT molecular complexity index is 348. The molecule has 2 rings (SSSR count). The lowest BCUT2D eigenvalue weighted by Gasteiger charge is -2.22. The summed E-state index contributed by atoms with van der Waals surface area (Å²) in [4.78, 5) is 1.33. The molecule has 1 aromatic carbocycles. The van der Waals surface area contributed by atoms with Gasteiger partial charge >= 0.3 is 0 Å². The SMILES string of the molecule is CSc1ccc(CC2CCNCC2)cc1Br. The number of rotatable bonds is 3. The summed E-state index contributed by atoms with van der Waals surface area (Å²) in [6.07, 6.45) is 5.99. The van der Waals surface area contributed by atoms with Gasteiger partial charge in [-0.1, -0.05) is 6.07 Å². The van der Waals surface area contributed by atoms with Gasteiger partial charge in [0, 0.05) is 9.37 Å². The van der Waals surface area contributed by atoms with E-state index in [0.717, 1.165) is 5.92 Å². The molecule has 0 aromatic heterocycles. The van der Waals surface area contributed by atoms with Crippen molar-refractivity contribution >= 4 is 27.7 Å². The molecule has 3 heteroatoms. The number of hydrogen-bond donors (Lipinski definition) is 1. The van der Waals surface area contributed by atoms with Gasteiger partial charge in [-0.3, -0.25) is 0 Å². The molecular weight excluding hydrogens is 282 g/mol. The van der Waals surface area contributed by atoms with Crippen molar-refractivity contribution in [1.29, 1.82) is 0 Å². The van der Waals surface area contributed by atoms with Gasteiger partial charge in [0.05, 0.1) is 0 Å². The molecule has 0 atom stereocenters. The van der Waals surface area contributed by atoms with E-state index in [2.05, 4.69) is 45.7 Å². The lowest BCUT2D eigenvalue weighted by Crippen LogP contribution is -2.28. The fourth-order valence-corrected chi connectivity index (χ4v) is 3.63. The average molecular weight is 300 g/mol. The van der Waals surface area contributed by atoms with E-state index in [1.807, 2.05) is 0 Å². The molecule has 1 aromatic rings. The molecular formula is C13H18BrNS. The molecule has 1 N–H and O–H groups in total. The van der Waals surface area contributed by atoms with Crippen molar-refractivity contribution in [3.05, 3.63) is 28.2 Å². The van der Waals surface area contributed by atoms with Crippen LogP contribution < -0.4 is 5.32 Å². The topological polar surface area (TPSA) is 12.0 Å². The van der Waals surface area contributed by atoms with Gasteiger partial charge < -0.3 is 5.32 Å². The van der Waals surface area contributed by atoms with Crippen molar-refractivity contribution in [3.8, 4) is 0 Å².